The molecule has 6 nitrogen and oxygen atoms in total. The van der Waals surface area contributed by atoms with Crippen molar-refractivity contribution in [1.29, 1.82) is 0 Å². The van der Waals surface area contributed by atoms with E-state index in [1.165, 1.54) is 6.92 Å². The van der Waals surface area contributed by atoms with E-state index in [0.717, 1.165) is 16.7 Å². The third-order valence-electron chi connectivity index (χ3n) is 8.36. The Kier molecular flexibility index (Phi) is 7.31. The Morgan fingerprint density at radius 2 is 1.29 bits per heavy atom. The molecule has 0 saturated heterocycles. The number of Topliss-reactive ketones (excluding diaryl/α,β-unsaturated/α-hetero) is 2. The normalized spacial score (nSPS) is 22.0. The molecule has 3 aromatic carbocycles. The van der Waals surface area contributed by atoms with E-state index < -0.39 is 11.9 Å². The van der Waals surface area contributed by atoms with E-state index in [9.17, 15) is 14.4 Å². The van der Waals surface area contributed by atoms with Crippen LogP contribution in [0.5, 0.6) is 5.75 Å². The van der Waals surface area contributed by atoms with E-state index in [4.69, 9.17) is 14.2 Å². The van der Waals surface area contributed by atoms with Crippen molar-refractivity contribution in [2.24, 2.45) is 0 Å². The Morgan fingerprint density at radius 1 is 0.756 bits per heavy atom. The summed E-state index contributed by atoms with van der Waals surface area (Å²) in [4.78, 5) is 39.4. The van der Waals surface area contributed by atoms with Crippen molar-refractivity contribution in [1.82, 2.24) is 0 Å². The number of hydrogen-bond acceptors (Lipinski definition) is 6. The summed E-state index contributed by atoms with van der Waals surface area (Å²) in [7, 11) is 1.56. The average Bonchev–Trinajstić information content (AvgIpc) is 2.99. The molecule has 6 heteroatoms. The molecule has 2 unspecified atom stereocenters. The monoisotopic (exact) mass is 548 g/mol. The lowest BCUT2D eigenvalue weighted by Crippen LogP contribution is -2.33. The predicted octanol–water partition coefficient (Wildman–Crippen LogP) is 6.67. The second-order valence-electron chi connectivity index (χ2n) is 10.9. The van der Waals surface area contributed by atoms with Crippen molar-refractivity contribution >= 4 is 17.5 Å². The Labute approximate surface area is 239 Å². The van der Waals surface area contributed by atoms with Crippen LogP contribution in [-0.4, -0.2) is 24.6 Å². The molecular weight excluding hydrogens is 516 g/mol. The minimum Gasteiger partial charge on any atom is -0.496 e. The van der Waals surface area contributed by atoms with E-state index >= 15 is 0 Å². The molecule has 0 radical (unpaired) electrons. The van der Waals surface area contributed by atoms with Crippen molar-refractivity contribution < 1.29 is 28.6 Å². The van der Waals surface area contributed by atoms with Gasteiger partial charge in [-0.2, -0.15) is 0 Å². The summed E-state index contributed by atoms with van der Waals surface area (Å²) in [6.45, 7) is 1.39. The number of esters is 1. The first-order valence-corrected chi connectivity index (χ1v) is 14.0. The lowest BCUT2D eigenvalue weighted by Gasteiger charge is -2.39. The molecule has 0 aromatic heterocycles. The quantitative estimate of drug-likeness (QED) is 0.320. The first-order valence-electron chi connectivity index (χ1n) is 14.0. The van der Waals surface area contributed by atoms with Crippen molar-refractivity contribution in [3.63, 3.8) is 0 Å². The van der Waals surface area contributed by atoms with Crippen LogP contribution in [-0.2, 0) is 30.5 Å². The van der Waals surface area contributed by atoms with Crippen LogP contribution in [0.2, 0.25) is 0 Å². The minimum atomic E-state index is -0.552. The van der Waals surface area contributed by atoms with E-state index in [0.29, 0.717) is 59.7 Å². The zero-order valence-corrected chi connectivity index (χ0v) is 23.2. The second-order valence-corrected chi connectivity index (χ2v) is 10.9. The smallest absolute Gasteiger partial charge is 0.302 e. The summed E-state index contributed by atoms with van der Waals surface area (Å²) in [6, 6.07) is 25.7. The first-order chi connectivity index (χ1) is 19.9. The third kappa shape index (κ3) is 5.22. The van der Waals surface area contributed by atoms with Gasteiger partial charge >= 0.3 is 5.97 Å². The van der Waals surface area contributed by atoms with Crippen LogP contribution in [0.1, 0.15) is 72.6 Å². The maximum Gasteiger partial charge on any atom is 0.302 e. The van der Waals surface area contributed by atoms with Crippen LogP contribution in [0.3, 0.4) is 0 Å². The maximum absolute atomic E-state index is 13.9. The van der Waals surface area contributed by atoms with E-state index in [1.807, 2.05) is 54.6 Å². The van der Waals surface area contributed by atoms with Gasteiger partial charge in [0.05, 0.1) is 7.11 Å². The van der Waals surface area contributed by atoms with E-state index in [1.54, 1.807) is 7.11 Å². The van der Waals surface area contributed by atoms with Crippen molar-refractivity contribution in [2.75, 3.05) is 7.11 Å². The topological polar surface area (TPSA) is 78.9 Å². The molecule has 1 aliphatic heterocycles. The number of allylic oxidation sites excluding steroid dienone is 4. The highest BCUT2D eigenvalue weighted by molar-refractivity contribution is 6.06. The molecule has 0 bridgehead atoms. The molecule has 6 rings (SSSR count). The van der Waals surface area contributed by atoms with Crippen molar-refractivity contribution in [2.45, 2.75) is 57.0 Å². The lowest BCUT2D eigenvalue weighted by atomic mass is 9.69. The Bertz CT molecular complexity index is 1480. The zero-order chi connectivity index (χ0) is 28.5. The molecule has 2 aliphatic carbocycles. The van der Waals surface area contributed by atoms with Gasteiger partial charge < -0.3 is 14.2 Å². The number of carbonyl (C=O) groups is 3. The van der Waals surface area contributed by atoms with E-state index in [-0.39, 0.29) is 30.0 Å². The fourth-order valence-electron chi connectivity index (χ4n) is 6.45. The van der Waals surface area contributed by atoms with E-state index in [2.05, 4.69) is 24.3 Å². The third-order valence-corrected chi connectivity index (χ3v) is 8.36. The van der Waals surface area contributed by atoms with Crippen molar-refractivity contribution in [3.8, 4) is 5.75 Å². The molecule has 1 heterocycles. The Morgan fingerprint density at radius 3 is 1.78 bits per heavy atom. The highest BCUT2D eigenvalue weighted by Gasteiger charge is 2.45. The molecule has 0 fully saturated rings. The number of rotatable bonds is 6. The number of hydrogen-bond donors (Lipinski definition) is 0. The largest absolute Gasteiger partial charge is 0.496 e. The average molecular weight is 549 g/mol. The molecule has 0 spiro atoms. The summed E-state index contributed by atoms with van der Waals surface area (Å²) < 4.78 is 17.4. The number of carbonyl (C=O) groups excluding carboxylic acids is 3. The van der Waals surface area contributed by atoms with Gasteiger partial charge in [0.15, 0.2) is 11.6 Å². The Hall–Kier alpha value is -4.45. The van der Waals surface area contributed by atoms with Crippen LogP contribution in [0.25, 0.3) is 0 Å². The first kappa shape index (κ1) is 26.8. The molecule has 0 saturated carbocycles. The van der Waals surface area contributed by atoms with Crippen LogP contribution in [0, 0.1) is 0 Å². The summed E-state index contributed by atoms with van der Waals surface area (Å²) >= 11 is 0. The maximum atomic E-state index is 13.9. The molecular formula is C35H32O6. The standard InChI is InChI=1S/C35H32O6/c1-21(36)40-20-27-15-24(13-14-30(27)39-2)33-34-28(37)16-25(22-9-5-3-6-10-22)18-31(34)41-32-19-26(17-29(38)35(32)33)23-11-7-4-8-12-23/h3-15,25-26,33H,16-20H2,1-2H3. The number of methoxy groups -OCH3 is 1. The van der Waals surface area contributed by atoms with Crippen LogP contribution >= 0.6 is 0 Å². The summed E-state index contributed by atoms with van der Waals surface area (Å²) in [5.74, 6) is 0.916. The fourth-order valence-corrected chi connectivity index (χ4v) is 6.45. The zero-order valence-electron chi connectivity index (χ0n) is 23.2. The molecule has 208 valence electrons. The predicted molar refractivity (Wildman–Crippen MR) is 153 cm³/mol. The van der Waals surface area contributed by atoms with Crippen LogP contribution in [0.4, 0.5) is 0 Å². The van der Waals surface area contributed by atoms with Gasteiger partial charge in [0.2, 0.25) is 0 Å². The van der Waals surface area contributed by atoms with Gasteiger partial charge in [-0.1, -0.05) is 66.7 Å². The van der Waals surface area contributed by atoms with Gasteiger partial charge in [-0.25, -0.2) is 0 Å². The van der Waals surface area contributed by atoms with Gasteiger partial charge in [0, 0.05) is 55.2 Å². The minimum absolute atomic E-state index is 0.00450. The molecule has 0 amide bonds. The van der Waals surface area contributed by atoms with Gasteiger partial charge in [-0.15, -0.1) is 0 Å². The second kappa shape index (κ2) is 11.2. The van der Waals surface area contributed by atoms with Gasteiger partial charge in [-0.3, -0.25) is 14.4 Å². The summed E-state index contributed by atoms with van der Waals surface area (Å²) in [5, 5.41) is 0. The van der Waals surface area contributed by atoms with Gasteiger partial charge in [0.1, 0.15) is 23.9 Å². The van der Waals surface area contributed by atoms with Crippen molar-refractivity contribution in [3.05, 3.63) is 124 Å². The highest BCUT2D eigenvalue weighted by Crippen LogP contribution is 2.52. The molecule has 41 heavy (non-hydrogen) atoms. The number of ether oxygens (including phenoxy) is 3. The summed E-state index contributed by atoms with van der Waals surface area (Å²) in [5.41, 5.74) is 4.78. The van der Waals surface area contributed by atoms with Gasteiger partial charge in [0.25, 0.3) is 0 Å². The Balaban J connectivity index is 1.45. The molecule has 3 aliphatic rings. The van der Waals surface area contributed by atoms with Crippen LogP contribution in [0.15, 0.2) is 102 Å². The molecule has 0 N–H and O–H groups in total. The number of ketones is 2. The summed E-state index contributed by atoms with van der Waals surface area (Å²) in [6.07, 6.45) is 1.86. The lowest BCUT2D eigenvalue weighted by molar-refractivity contribution is -0.142. The molecule has 2 atom stereocenters. The number of benzene rings is 3. The van der Waals surface area contributed by atoms with Crippen LogP contribution < -0.4 is 4.74 Å². The SMILES string of the molecule is COc1ccc(C2C3=C(CC(c4ccccc4)CC3=O)OC3=C2C(=O)CC(c2ccccc2)C3)cc1COC(C)=O. The van der Waals surface area contributed by atoms with Gasteiger partial charge in [-0.05, 0) is 40.7 Å². The highest BCUT2D eigenvalue weighted by atomic mass is 16.5. The fraction of sp³-hybridized carbons (Fsp3) is 0.286. The molecule has 3 aromatic rings.